The Morgan fingerprint density at radius 2 is 1.94 bits per heavy atom. The second kappa shape index (κ2) is 8.66. The van der Waals surface area contributed by atoms with Crippen molar-refractivity contribution in [3.63, 3.8) is 0 Å². The molecule has 166 valence electrons. The van der Waals surface area contributed by atoms with Crippen LogP contribution in [0.3, 0.4) is 0 Å². The van der Waals surface area contributed by atoms with Gasteiger partial charge in [-0.05, 0) is 31.0 Å². The van der Waals surface area contributed by atoms with Crippen molar-refractivity contribution in [2.45, 2.75) is 32.4 Å². The van der Waals surface area contributed by atoms with Crippen molar-refractivity contribution in [1.82, 2.24) is 25.3 Å². The minimum Gasteiger partial charge on any atom is -0.459 e. The van der Waals surface area contributed by atoms with Crippen LogP contribution in [-0.4, -0.2) is 50.9 Å². The monoisotopic (exact) mass is 437 g/mol. The molecule has 0 aliphatic carbocycles. The molecule has 4 amide bonds. The zero-order valence-corrected chi connectivity index (χ0v) is 17.8. The van der Waals surface area contributed by atoms with Crippen LogP contribution in [0.4, 0.5) is 4.79 Å². The van der Waals surface area contributed by atoms with E-state index in [0.717, 1.165) is 4.90 Å². The third kappa shape index (κ3) is 3.98. The molecule has 0 saturated carbocycles. The van der Waals surface area contributed by atoms with Gasteiger partial charge in [-0.2, -0.15) is 0 Å². The minimum atomic E-state index is -1.22. The van der Waals surface area contributed by atoms with Crippen LogP contribution >= 0.6 is 0 Å². The van der Waals surface area contributed by atoms with Crippen LogP contribution < -0.4 is 5.32 Å². The highest BCUT2D eigenvalue weighted by molar-refractivity contribution is 6.09. The number of hydrogen-bond acceptors (Lipinski definition) is 7. The number of carbonyl (C=O) groups excluding carboxylic acids is 3. The largest absolute Gasteiger partial charge is 0.459 e. The molecular formula is C22H23N5O5. The summed E-state index contributed by atoms with van der Waals surface area (Å²) in [6.07, 6.45) is 2.17. The maximum absolute atomic E-state index is 13.1. The topological polar surface area (TPSA) is 122 Å². The summed E-state index contributed by atoms with van der Waals surface area (Å²) < 4.78 is 10.8. The molecule has 1 aromatic carbocycles. The maximum atomic E-state index is 13.1. The SMILES string of the molecule is CCCN(Cc1nnc(-c2ccco2)o1)C(=O)CN1C(=O)NC(C)(c2ccccc2)C1=O. The first kappa shape index (κ1) is 21.3. The molecule has 0 bridgehead atoms. The lowest BCUT2D eigenvalue weighted by Crippen LogP contribution is -2.44. The van der Waals surface area contributed by atoms with Crippen molar-refractivity contribution >= 4 is 17.8 Å². The fourth-order valence-corrected chi connectivity index (χ4v) is 3.59. The number of hydrogen-bond donors (Lipinski definition) is 1. The number of nitrogens with one attached hydrogen (secondary N) is 1. The Morgan fingerprint density at radius 1 is 1.16 bits per heavy atom. The first-order valence-corrected chi connectivity index (χ1v) is 10.3. The number of furan rings is 1. The van der Waals surface area contributed by atoms with E-state index in [1.807, 2.05) is 13.0 Å². The molecule has 3 heterocycles. The Balaban J connectivity index is 1.47. The van der Waals surface area contributed by atoms with Crippen molar-refractivity contribution in [3.05, 3.63) is 60.2 Å². The number of nitrogens with zero attached hydrogens (tertiary/aromatic N) is 4. The average molecular weight is 437 g/mol. The van der Waals surface area contributed by atoms with Gasteiger partial charge in [-0.25, -0.2) is 4.79 Å². The minimum absolute atomic E-state index is 0.0555. The van der Waals surface area contributed by atoms with Gasteiger partial charge in [-0.15, -0.1) is 10.2 Å². The first-order valence-electron chi connectivity index (χ1n) is 10.3. The van der Waals surface area contributed by atoms with Gasteiger partial charge < -0.3 is 19.1 Å². The lowest BCUT2D eigenvalue weighted by molar-refractivity contribution is -0.139. The lowest BCUT2D eigenvalue weighted by Gasteiger charge is -2.24. The zero-order chi connectivity index (χ0) is 22.7. The molecule has 32 heavy (non-hydrogen) atoms. The van der Waals surface area contributed by atoms with Gasteiger partial charge in [-0.1, -0.05) is 37.3 Å². The van der Waals surface area contributed by atoms with Crippen LogP contribution in [0.2, 0.25) is 0 Å². The average Bonchev–Trinajstić information content (AvgIpc) is 3.52. The van der Waals surface area contributed by atoms with E-state index in [2.05, 4.69) is 15.5 Å². The van der Waals surface area contributed by atoms with Crippen molar-refractivity contribution in [2.75, 3.05) is 13.1 Å². The summed E-state index contributed by atoms with van der Waals surface area (Å²) in [5.41, 5.74) is -0.575. The van der Waals surface area contributed by atoms with E-state index in [4.69, 9.17) is 8.83 Å². The molecule has 1 N–H and O–H groups in total. The third-order valence-electron chi connectivity index (χ3n) is 5.29. The highest BCUT2D eigenvalue weighted by Crippen LogP contribution is 2.28. The molecule has 1 aliphatic rings. The van der Waals surface area contributed by atoms with Gasteiger partial charge >= 0.3 is 6.03 Å². The predicted molar refractivity (Wildman–Crippen MR) is 112 cm³/mol. The van der Waals surface area contributed by atoms with Gasteiger partial charge in [0.1, 0.15) is 12.1 Å². The van der Waals surface area contributed by atoms with E-state index in [9.17, 15) is 14.4 Å². The molecule has 10 nitrogen and oxygen atoms in total. The summed E-state index contributed by atoms with van der Waals surface area (Å²) in [6.45, 7) is 3.62. The van der Waals surface area contributed by atoms with Crippen molar-refractivity contribution in [3.8, 4) is 11.7 Å². The molecule has 1 saturated heterocycles. The first-order chi connectivity index (χ1) is 15.4. The lowest BCUT2D eigenvalue weighted by atomic mass is 9.92. The summed E-state index contributed by atoms with van der Waals surface area (Å²) in [7, 11) is 0. The molecule has 1 atom stereocenters. The normalized spacial score (nSPS) is 18.1. The third-order valence-corrected chi connectivity index (χ3v) is 5.29. The van der Waals surface area contributed by atoms with Gasteiger partial charge in [0.15, 0.2) is 5.76 Å². The van der Waals surface area contributed by atoms with Crippen LogP contribution in [0.5, 0.6) is 0 Å². The number of rotatable bonds is 8. The molecule has 0 spiro atoms. The van der Waals surface area contributed by atoms with Crippen LogP contribution in [-0.2, 0) is 21.7 Å². The number of amides is 4. The molecule has 1 aliphatic heterocycles. The molecule has 2 aromatic heterocycles. The second-order valence-electron chi connectivity index (χ2n) is 7.61. The fourth-order valence-electron chi connectivity index (χ4n) is 3.59. The molecule has 3 aromatic rings. The Kier molecular flexibility index (Phi) is 5.76. The number of imide groups is 1. The highest BCUT2D eigenvalue weighted by Gasteiger charge is 2.49. The number of carbonyl (C=O) groups is 3. The van der Waals surface area contributed by atoms with E-state index >= 15 is 0 Å². The van der Waals surface area contributed by atoms with Crippen LogP contribution in [0.1, 0.15) is 31.7 Å². The summed E-state index contributed by atoms with van der Waals surface area (Å²) >= 11 is 0. The smallest absolute Gasteiger partial charge is 0.325 e. The number of aromatic nitrogens is 2. The number of benzene rings is 1. The molecule has 1 unspecified atom stereocenters. The van der Waals surface area contributed by atoms with Crippen molar-refractivity contribution < 1.29 is 23.2 Å². The van der Waals surface area contributed by atoms with Crippen molar-refractivity contribution in [2.24, 2.45) is 0 Å². The number of urea groups is 1. The Bertz CT molecular complexity index is 1110. The Hall–Kier alpha value is -3.95. The summed E-state index contributed by atoms with van der Waals surface area (Å²) in [4.78, 5) is 41.1. The van der Waals surface area contributed by atoms with E-state index in [1.165, 1.54) is 11.2 Å². The van der Waals surface area contributed by atoms with E-state index in [-0.39, 0.29) is 24.9 Å². The summed E-state index contributed by atoms with van der Waals surface area (Å²) in [5, 5.41) is 10.6. The van der Waals surface area contributed by atoms with Gasteiger partial charge in [0, 0.05) is 6.54 Å². The van der Waals surface area contributed by atoms with Crippen LogP contribution in [0, 0.1) is 0 Å². The quantitative estimate of drug-likeness (QED) is 0.537. The molecule has 1 fully saturated rings. The predicted octanol–water partition coefficient (Wildman–Crippen LogP) is 2.54. The summed E-state index contributed by atoms with van der Waals surface area (Å²) in [5.74, 6) is -0.00963. The van der Waals surface area contributed by atoms with Gasteiger partial charge in [0.05, 0.1) is 12.8 Å². The highest BCUT2D eigenvalue weighted by atomic mass is 16.4. The molecule has 10 heteroatoms. The molecule has 4 rings (SSSR count). The van der Waals surface area contributed by atoms with E-state index in [0.29, 0.717) is 24.3 Å². The molecule has 0 radical (unpaired) electrons. The van der Waals surface area contributed by atoms with E-state index in [1.54, 1.807) is 43.3 Å². The zero-order valence-electron chi connectivity index (χ0n) is 17.8. The standard InChI is InChI=1S/C22H23N5O5/c1-3-11-26(13-17-24-25-19(32-17)16-10-7-12-31-16)18(28)14-27-20(29)22(2,23-21(27)30)15-8-5-4-6-9-15/h4-10,12H,3,11,13-14H2,1-2H3,(H,23,30). The van der Waals surface area contributed by atoms with Crippen LogP contribution in [0.25, 0.3) is 11.7 Å². The van der Waals surface area contributed by atoms with Gasteiger partial charge in [0.25, 0.3) is 11.8 Å². The maximum Gasteiger partial charge on any atom is 0.325 e. The van der Waals surface area contributed by atoms with Crippen molar-refractivity contribution in [1.29, 1.82) is 0 Å². The summed E-state index contributed by atoms with van der Waals surface area (Å²) in [6, 6.07) is 11.7. The van der Waals surface area contributed by atoms with E-state index < -0.39 is 23.4 Å². The second-order valence-corrected chi connectivity index (χ2v) is 7.61. The van der Waals surface area contributed by atoms with Crippen LogP contribution in [0.15, 0.2) is 57.6 Å². The Morgan fingerprint density at radius 3 is 2.62 bits per heavy atom. The Labute approximate surface area is 184 Å². The van der Waals surface area contributed by atoms with Gasteiger partial charge in [-0.3, -0.25) is 14.5 Å². The van der Waals surface area contributed by atoms with Gasteiger partial charge in [0.2, 0.25) is 11.8 Å². The molecular weight excluding hydrogens is 414 g/mol. The fraction of sp³-hybridized carbons (Fsp3) is 0.318.